The highest BCUT2D eigenvalue weighted by atomic mass is 16.5. The molecule has 130 valence electrons. The van der Waals surface area contributed by atoms with Crippen molar-refractivity contribution in [2.45, 2.75) is 19.6 Å². The Labute approximate surface area is 138 Å². The zero-order valence-corrected chi connectivity index (χ0v) is 13.1. The fourth-order valence-corrected chi connectivity index (χ4v) is 1.56. The molecule has 9 nitrogen and oxygen atoms in total. The van der Waals surface area contributed by atoms with Crippen LogP contribution in [0.3, 0.4) is 0 Å². The van der Waals surface area contributed by atoms with Crippen molar-refractivity contribution < 1.29 is 29.0 Å². The van der Waals surface area contributed by atoms with Gasteiger partial charge >= 0.3 is 12.1 Å². The molecule has 1 aromatic rings. The van der Waals surface area contributed by atoms with Gasteiger partial charge in [-0.25, -0.2) is 4.79 Å². The van der Waals surface area contributed by atoms with E-state index in [2.05, 4.69) is 16.0 Å². The van der Waals surface area contributed by atoms with Crippen molar-refractivity contribution in [1.29, 1.82) is 0 Å². The molecule has 1 aromatic carbocycles. The first kappa shape index (κ1) is 18.9. The fourth-order valence-electron chi connectivity index (χ4n) is 1.56. The molecule has 0 heterocycles. The van der Waals surface area contributed by atoms with Crippen molar-refractivity contribution in [1.82, 2.24) is 16.0 Å². The first-order valence-electron chi connectivity index (χ1n) is 7.12. The summed E-state index contributed by atoms with van der Waals surface area (Å²) in [6, 6.07) is 8.12. The molecule has 0 saturated heterocycles. The van der Waals surface area contributed by atoms with Crippen LogP contribution in [0, 0.1) is 0 Å². The number of carboxylic acids is 1. The van der Waals surface area contributed by atoms with Gasteiger partial charge in [0.05, 0.1) is 6.54 Å². The predicted octanol–water partition coefficient (Wildman–Crippen LogP) is -0.382. The molecule has 0 aromatic heterocycles. The number of ether oxygens (including phenoxy) is 1. The van der Waals surface area contributed by atoms with Gasteiger partial charge in [-0.1, -0.05) is 30.3 Å². The first-order valence-corrected chi connectivity index (χ1v) is 7.12. The fraction of sp³-hybridized carbons (Fsp3) is 0.333. The molecule has 1 atom stereocenters. The Morgan fingerprint density at radius 1 is 1.08 bits per heavy atom. The summed E-state index contributed by atoms with van der Waals surface area (Å²) in [5.74, 6) is -2.44. The summed E-state index contributed by atoms with van der Waals surface area (Å²) in [5.41, 5.74) is 0.805. The van der Waals surface area contributed by atoms with E-state index < -0.39 is 43.0 Å². The Morgan fingerprint density at radius 2 is 1.75 bits per heavy atom. The molecule has 24 heavy (non-hydrogen) atoms. The second kappa shape index (κ2) is 9.82. The van der Waals surface area contributed by atoms with Crippen LogP contribution in [0.25, 0.3) is 0 Å². The minimum absolute atomic E-state index is 0.0681. The normalized spacial score (nSPS) is 11.0. The largest absolute Gasteiger partial charge is 0.480 e. The molecule has 3 amide bonds. The molecule has 0 bridgehead atoms. The van der Waals surface area contributed by atoms with Crippen LogP contribution in [0.5, 0.6) is 0 Å². The zero-order valence-electron chi connectivity index (χ0n) is 13.1. The SMILES string of the molecule is C[C@@H](NC(=O)OCc1ccccc1)C(=O)NCC(=O)NCC(=O)O. The number of hydrogen-bond donors (Lipinski definition) is 4. The Balaban J connectivity index is 2.26. The second-order valence-corrected chi connectivity index (χ2v) is 4.82. The van der Waals surface area contributed by atoms with E-state index >= 15 is 0 Å². The van der Waals surface area contributed by atoms with Crippen LogP contribution in [0.1, 0.15) is 12.5 Å². The van der Waals surface area contributed by atoms with Crippen molar-refractivity contribution >= 4 is 23.9 Å². The van der Waals surface area contributed by atoms with E-state index in [4.69, 9.17) is 9.84 Å². The van der Waals surface area contributed by atoms with Crippen LogP contribution in [0.2, 0.25) is 0 Å². The molecule has 0 saturated carbocycles. The quantitative estimate of drug-likeness (QED) is 0.511. The summed E-state index contributed by atoms with van der Waals surface area (Å²) in [5, 5.41) is 15.1. The molecule has 0 aliphatic carbocycles. The maximum absolute atomic E-state index is 11.7. The molecule has 0 fully saturated rings. The second-order valence-electron chi connectivity index (χ2n) is 4.82. The monoisotopic (exact) mass is 337 g/mol. The summed E-state index contributed by atoms with van der Waals surface area (Å²) in [6.07, 6.45) is -0.767. The number of rotatable bonds is 8. The standard InChI is InChI=1S/C15H19N3O6/c1-10(14(22)17-7-12(19)16-8-13(20)21)18-15(23)24-9-11-5-3-2-4-6-11/h2-6,10H,7-9H2,1H3,(H,16,19)(H,17,22)(H,18,23)(H,20,21)/t10-/m1/s1. The van der Waals surface area contributed by atoms with Crippen molar-refractivity contribution in [3.63, 3.8) is 0 Å². The number of aliphatic carboxylic acids is 1. The first-order chi connectivity index (χ1) is 11.4. The van der Waals surface area contributed by atoms with Gasteiger partial charge in [-0.2, -0.15) is 0 Å². The lowest BCUT2D eigenvalue weighted by molar-refractivity contribution is -0.137. The highest BCUT2D eigenvalue weighted by molar-refractivity contribution is 5.90. The summed E-state index contributed by atoms with van der Waals surface area (Å²) in [6.45, 7) is 0.568. The van der Waals surface area contributed by atoms with Crippen LogP contribution in [0.4, 0.5) is 4.79 Å². The average Bonchev–Trinajstić information content (AvgIpc) is 2.56. The number of carboxylic acid groups (broad SMARTS) is 1. The van der Waals surface area contributed by atoms with Gasteiger partial charge in [-0.05, 0) is 12.5 Å². The van der Waals surface area contributed by atoms with E-state index in [9.17, 15) is 19.2 Å². The summed E-state index contributed by atoms with van der Waals surface area (Å²) in [7, 11) is 0. The van der Waals surface area contributed by atoms with E-state index in [1.807, 2.05) is 18.2 Å². The van der Waals surface area contributed by atoms with E-state index in [0.717, 1.165) is 5.56 Å². The number of nitrogens with one attached hydrogen (secondary N) is 3. The summed E-state index contributed by atoms with van der Waals surface area (Å²) in [4.78, 5) is 44.8. The smallest absolute Gasteiger partial charge is 0.408 e. The van der Waals surface area contributed by atoms with Gasteiger partial charge in [0.1, 0.15) is 19.2 Å². The molecule has 0 aliphatic rings. The average molecular weight is 337 g/mol. The molecule has 0 aliphatic heterocycles. The number of amides is 3. The van der Waals surface area contributed by atoms with Crippen molar-refractivity contribution in [2.75, 3.05) is 13.1 Å². The Kier molecular flexibility index (Phi) is 7.76. The van der Waals surface area contributed by atoms with Gasteiger partial charge in [-0.15, -0.1) is 0 Å². The molecular formula is C15H19N3O6. The molecule has 0 radical (unpaired) electrons. The number of benzene rings is 1. The van der Waals surface area contributed by atoms with Gasteiger partial charge < -0.3 is 25.8 Å². The number of alkyl carbamates (subject to hydrolysis) is 1. The topological polar surface area (TPSA) is 134 Å². The van der Waals surface area contributed by atoms with Crippen LogP contribution in [-0.4, -0.2) is 48.1 Å². The Hall–Kier alpha value is -3.10. The molecule has 9 heteroatoms. The van der Waals surface area contributed by atoms with Crippen LogP contribution in [0.15, 0.2) is 30.3 Å². The number of carbonyl (C=O) groups is 4. The van der Waals surface area contributed by atoms with Crippen LogP contribution < -0.4 is 16.0 Å². The molecule has 4 N–H and O–H groups in total. The van der Waals surface area contributed by atoms with Gasteiger partial charge in [0.2, 0.25) is 11.8 Å². The lowest BCUT2D eigenvalue weighted by Gasteiger charge is -2.14. The van der Waals surface area contributed by atoms with Crippen molar-refractivity contribution in [3.8, 4) is 0 Å². The molecule has 1 rings (SSSR count). The number of carbonyl (C=O) groups excluding carboxylic acids is 3. The zero-order chi connectivity index (χ0) is 17.9. The maximum atomic E-state index is 11.7. The van der Waals surface area contributed by atoms with E-state index in [1.54, 1.807) is 12.1 Å². The molecule has 0 spiro atoms. The van der Waals surface area contributed by atoms with Crippen molar-refractivity contribution in [3.05, 3.63) is 35.9 Å². The third-order valence-corrected chi connectivity index (χ3v) is 2.80. The van der Waals surface area contributed by atoms with Gasteiger partial charge in [-0.3, -0.25) is 14.4 Å². The third kappa shape index (κ3) is 7.78. The van der Waals surface area contributed by atoms with Crippen LogP contribution in [-0.2, 0) is 25.7 Å². The molecular weight excluding hydrogens is 318 g/mol. The Bertz CT molecular complexity index is 590. The minimum atomic E-state index is -1.19. The number of hydrogen-bond acceptors (Lipinski definition) is 5. The minimum Gasteiger partial charge on any atom is -0.480 e. The van der Waals surface area contributed by atoms with Gasteiger partial charge in [0.25, 0.3) is 0 Å². The summed E-state index contributed by atoms with van der Waals surface area (Å²) >= 11 is 0. The highest BCUT2D eigenvalue weighted by Gasteiger charge is 2.17. The lowest BCUT2D eigenvalue weighted by atomic mass is 10.2. The third-order valence-electron chi connectivity index (χ3n) is 2.80. The lowest BCUT2D eigenvalue weighted by Crippen LogP contribution is -2.48. The summed E-state index contributed by atoms with van der Waals surface area (Å²) < 4.78 is 4.96. The van der Waals surface area contributed by atoms with E-state index in [-0.39, 0.29) is 6.61 Å². The maximum Gasteiger partial charge on any atom is 0.408 e. The van der Waals surface area contributed by atoms with Gasteiger partial charge in [0.15, 0.2) is 0 Å². The Morgan fingerprint density at radius 3 is 2.38 bits per heavy atom. The van der Waals surface area contributed by atoms with E-state index in [1.165, 1.54) is 6.92 Å². The van der Waals surface area contributed by atoms with Gasteiger partial charge in [0, 0.05) is 0 Å². The highest BCUT2D eigenvalue weighted by Crippen LogP contribution is 2.00. The van der Waals surface area contributed by atoms with E-state index in [0.29, 0.717) is 0 Å². The molecule has 0 unspecified atom stereocenters. The van der Waals surface area contributed by atoms with Crippen LogP contribution >= 0.6 is 0 Å². The van der Waals surface area contributed by atoms with Crippen molar-refractivity contribution in [2.24, 2.45) is 0 Å². The predicted molar refractivity (Wildman–Crippen MR) is 82.9 cm³/mol.